The smallest absolute Gasteiger partial charge is 0.330 e. The molecule has 0 aromatic rings. The Kier molecular flexibility index (Phi) is 11.5. The molecule has 20 heavy (non-hydrogen) atoms. The molecular weight excluding hydrogens is 248 g/mol. The SMILES string of the molecule is C=CC(=O)OCCCCCCCCCCCC(C)(C)C. The number of hydrogen-bond donors (Lipinski definition) is 0. The second kappa shape index (κ2) is 12.0. The van der Waals surface area contributed by atoms with Crippen molar-refractivity contribution in [2.24, 2.45) is 5.41 Å². The highest BCUT2D eigenvalue weighted by atomic mass is 16.5. The Morgan fingerprint density at radius 1 is 0.900 bits per heavy atom. The Balaban J connectivity index is 3.10. The summed E-state index contributed by atoms with van der Waals surface area (Å²) in [7, 11) is 0. The molecule has 0 saturated carbocycles. The molecule has 0 amide bonds. The van der Waals surface area contributed by atoms with Crippen LogP contribution in [-0.4, -0.2) is 12.6 Å². The first-order valence-corrected chi connectivity index (χ1v) is 8.25. The maximum absolute atomic E-state index is 10.8. The summed E-state index contributed by atoms with van der Waals surface area (Å²) >= 11 is 0. The molecule has 0 fully saturated rings. The fourth-order valence-electron chi connectivity index (χ4n) is 2.23. The summed E-state index contributed by atoms with van der Waals surface area (Å²) in [6, 6.07) is 0. The van der Waals surface area contributed by atoms with E-state index in [1.807, 2.05) is 0 Å². The third-order valence-corrected chi connectivity index (χ3v) is 3.48. The maximum atomic E-state index is 10.8. The Bertz CT molecular complexity index is 251. The predicted molar refractivity (Wildman–Crippen MR) is 86.8 cm³/mol. The second-order valence-electron chi connectivity index (χ2n) is 6.86. The van der Waals surface area contributed by atoms with E-state index in [1.165, 1.54) is 57.4 Å². The molecular formula is C18H34O2. The molecule has 2 nitrogen and oxygen atoms in total. The highest BCUT2D eigenvalue weighted by molar-refractivity contribution is 5.81. The fourth-order valence-corrected chi connectivity index (χ4v) is 2.23. The molecule has 0 aromatic heterocycles. The van der Waals surface area contributed by atoms with Crippen LogP contribution in [-0.2, 0) is 9.53 Å². The van der Waals surface area contributed by atoms with Gasteiger partial charge in [0.05, 0.1) is 6.61 Å². The number of carbonyl (C=O) groups excluding carboxylic acids is 1. The number of esters is 1. The van der Waals surface area contributed by atoms with Crippen molar-refractivity contribution in [1.82, 2.24) is 0 Å². The van der Waals surface area contributed by atoms with E-state index < -0.39 is 0 Å². The van der Waals surface area contributed by atoms with Gasteiger partial charge in [0.1, 0.15) is 0 Å². The lowest BCUT2D eigenvalue weighted by atomic mass is 9.89. The average molecular weight is 282 g/mol. The zero-order chi connectivity index (χ0) is 15.3. The van der Waals surface area contributed by atoms with Gasteiger partial charge in [-0.25, -0.2) is 4.79 Å². The monoisotopic (exact) mass is 282 g/mol. The summed E-state index contributed by atoms with van der Waals surface area (Å²) in [5.74, 6) is -0.305. The van der Waals surface area contributed by atoms with Gasteiger partial charge < -0.3 is 4.74 Å². The summed E-state index contributed by atoms with van der Waals surface area (Å²) in [5, 5.41) is 0. The molecule has 0 aliphatic carbocycles. The molecule has 0 saturated heterocycles. The first-order chi connectivity index (χ1) is 9.45. The van der Waals surface area contributed by atoms with Crippen molar-refractivity contribution in [3.05, 3.63) is 12.7 Å². The van der Waals surface area contributed by atoms with E-state index in [4.69, 9.17) is 4.74 Å². The van der Waals surface area contributed by atoms with E-state index in [9.17, 15) is 4.79 Å². The molecule has 2 heteroatoms. The number of ether oxygens (including phenoxy) is 1. The molecule has 0 N–H and O–H groups in total. The van der Waals surface area contributed by atoms with E-state index in [2.05, 4.69) is 27.4 Å². The van der Waals surface area contributed by atoms with Crippen molar-refractivity contribution in [2.75, 3.05) is 6.61 Å². The van der Waals surface area contributed by atoms with Gasteiger partial charge in [-0.15, -0.1) is 0 Å². The molecule has 0 aromatic carbocycles. The molecule has 118 valence electrons. The topological polar surface area (TPSA) is 26.3 Å². The van der Waals surface area contributed by atoms with E-state index in [0.29, 0.717) is 12.0 Å². The minimum absolute atomic E-state index is 0.305. The summed E-state index contributed by atoms with van der Waals surface area (Å²) in [6.07, 6.45) is 14.1. The second-order valence-corrected chi connectivity index (χ2v) is 6.86. The molecule has 0 atom stereocenters. The van der Waals surface area contributed by atoms with Gasteiger partial charge in [-0.05, 0) is 18.3 Å². The third kappa shape index (κ3) is 15.3. The predicted octanol–water partition coefficient (Wildman–Crippen LogP) is 5.66. The van der Waals surface area contributed by atoms with Crippen LogP contribution >= 0.6 is 0 Å². The zero-order valence-electron chi connectivity index (χ0n) is 13.9. The number of carbonyl (C=O) groups is 1. The molecule has 0 rings (SSSR count). The first-order valence-electron chi connectivity index (χ1n) is 8.25. The number of hydrogen-bond acceptors (Lipinski definition) is 2. The molecule has 0 aliphatic rings. The Hall–Kier alpha value is -0.790. The van der Waals surface area contributed by atoms with Gasteiger partial charge in [0.15, 0.2) is 0 Å². The molecule has 0 bridgehead atoms. The van der Waals surface area contributed by atoms with Gasteiger partial charge in [-0.1, -0.05) is 78.7 Å². The van der Waals surface area contributed by atoms with Crippen LogP contribution in [0.3, 0.4) is 0 Å². The number of unbranched alkanes of at least 4 members (excludes halogenated alkanes) is 8. The normalized spacial score (nSPS) is 11.3. The summed E-state index contributed by atoms with van der Waals surface area (Å²) < 4.78 is 4.93. The molecule has 0 unspecified atom stereocenters. The summed E-state index contributed by atoms with van der Waals surface area (Å²) in [4.78, 5) is 10.8. The van der Waals surface area contributed by atoms with E-state index >= 15 is 0 Å². The van der Waals surface area contributed by atoms with Crippen LogP contribution in [0.2, 0.25) is 0 Å². The van der Waals surface area contributed by atoms with Crippen LogP contribution in [0.25, 0.3) is 0 Å². The van der Waals surface area contributed by atoms with Gasteiger partial charge in [-0.2, -0.15) is 0 Å². The third-order valence-electron chi connectivity index (χ3n) is 3.48. The van der Waals surface area contributed by atoms with Crippen LogP contribution in [0.5, 0.6) is 0 Å². The summed E-state index contributed by atoms with van der Waals surface area (Å²) in [6.45, 7) is 10.9. The van der Waals surface area contributed by atoms with Crippen molar-refractivity contribution in [2.45, 2.75) is 85.0 Å². The fraction of sp³-hybridized carbons (Fsp3) is 0.833. The maximum Gasteiger partial charge on any atom is 0.330 e. The van der Waals surface area contributed by atoms with Crippen LogP contribution in [0, 0.1) is 5.41 Å². The van der Waals surface area contributed by atoms with Crippen molar-refractivity contribution >= 4 is 5.97 Å². The number of rotatable bonds is 12. The Labute approximate surface area is 126 Å². The van der Waals surface area contributed by atoms with Crippen LogP contribution in [0.4, 0.5) is 0 Å². The lowest BCUT2D eigenvalue weighted by molar-refractivity contribution is -0.137. The van der Waals surface area contributed by atoms with E-state index in [-0.39, 0.29) is 5.97 Å². The minimum Gasteiger partial charge on any atom is -0.463 e. The van der Waals surface area contributed by atoms with Crippen molar-refractivity contribution in [3.8, 4) is 0 Å². The van der Waals surface area contributed by atoms with Gasteiger partial charge in [-0.3, -0.25) is 0 Å². The van der Waals surface area contributed by atoms with Gasteiger partial charge >= 0.3 is 5.97 Å². The average Bonchev–Trinajstić information content (AvgIpc) is 2.38. The van der Waals surface area contributed by atoms with E-state index in [0.717, 1.165) is 12.8 Å². The summed E-state index contributed by atoms with van der Waals surface area (Å²) in [5.41, 5.74) is 0.495. The standard InChI is InChI=1S/C18H34O2/c1-5-17(19)20-16-14-12-10-8-6-7-9-11-13-15-18(2,3)4/h5H,1,6-16H2,2-4H3. The zero-order valence-corrected chi connectivity index (χ0v) is 13.9. The van der Waals surface area contributed by atoms with Crippen LogP contribution < -0.4 is 0 Å². The van der Waals surface area contributed by atoms with E-state index in [1.54, 1.807) is 0 Å². The highest BCUT2D eigenvalue weighted by Crippen LogP contribution is 2.22. The van der Waals surface area contributed by atoms with Gasteiger partial charge in [0, 0.05) is 6.08 Å². The molecule has 0 spiro atoms. The van der Waals surface area contributed by atoms with Crippen LogP contribution in [0.1, 0.15) is 85.0 Å². The highest BCUT2D eigenvalue weighted by Gasteiger charge is 2.08. The van der Waals surface area contributed by atoms with Gasteiger partial charge in [0.25, 0.3) is 0 Å². The van der Waals surface area contributed by atoms with Crippen molar-refractivity contribution in [1.29, 1.82) is 0 Å². The van der Waals surface area contributed by atoms with Crippen molar-refractivity contribution in [3.63, 3.8) is 0 Å². The lowest BCUT2D eigenvalue weighted by Crippen LogP contribution is -2.03. The minimum atomic E-state index is -0.305. The quantitative estimate of drug-likeness (QED) is 0.262. The molecule has 0 heterocycles. The Morgan fingerprint density at radius 3 is 1.80 bits per heavy atom. The van der Waals surface area contributed by atoms with Crippen molar-refractivity contribution < 1.29 is 9.53 Å². The molecule has 0 aliphatic heterocycles. The first kappa shape index (κ1) is 19.2. The largest absolute Gasteiger partial charge is 0.463 e. The lowest BCUT2D eigenvalue weighted by Gasteiger charge is -2.17. The van der Waals surface area contributed by atoms with Gasteiger partial charge in [0.2, 0.25) is 0 Å². The van der Waals surface area contributed by atoms with Crippen LogP contribution in [0.15, 0.2) is 12.7 Å². The molecule has 0 radical (unpaired) electrons. The Morgan fingerprint density at radius 2 is 1.35 bits per heavy atom.